The first-order valence-corrected chi connectivity index (χ1v) is 8.31. The van der Waals surface area contributed by atoms with Crippen LogP contribution in [0.4, 0.5) is 0 Å². The third-order valence-corrected chi connectivity index (χ3v) is 5.09. The van der Waals surface area contributed by atoms with Crippen LogP contribution < -0.4 is 21.3 Å². The Morgan fingerprint density at radius 3 is 2.71 bits per heavy atom. The van der Waals surface area contributed by atoms with E-state index in [1.807, 2.05) is 0 Å². The van der Waals surface area contributed by atoms with Crippen molar-refractivity contribution in [2.24, 2.45) is 14.1 Å². The van der Waals surface area contributed by atoms with Gasteiger partial charge in [-0.15, -0.1) is 0 Å². The molecule has 0 aliphatic carbocycles. The Labute approximate surface area is 122 Å². The molecule has 2 N–H and O–H groups in total. The quantitative estimate of drug-likeness (QED) is 0.689. The average Bonchev–Trinajstić information content (AvgIpc) is 2.93. The van der Waals surface area contributed by atoms with Gasteiger partial charge in [0.15, 0.2) is 4.90 Å². The molecular formula is C12H20N4O4S. The summed E-state index contributed by atoms with van der Waals surface area (Å²) in [5.41, 5.74) is -1.38. The number of aryl methyl sites for hydroxylation is 1. The highest BCUT2D eigenvalue weighted by atomic mass is 32.2. The van der Waals surface area contributed by atoms with E-state index in [-0.39, 0.29) is 6.54 Å². The van der Waals surface area contributed by atoms with Crippen molar-refractivity contribution in [3.8, 4) is 0 Å². The Kier molecular flexibility index (Phi) is 4.64. The Bertz CT molecular complexity index is 729. The third kappa shape index (κ3) is 3.42. The summed E-state index contributed by atoms with van der Waals surface area (Å²) in [5.74, 6) is 0. The maximum Gasteiger partial charge on any atom is 0.330 e. The summed E-state index contributed by atoms with van der Waals surface area (Å²) in [7, 11) is -1.25. The van der Waals surface area contributed by atoms with E-state index in [0.717, 1.165) is 34.7 Å². The van der Waals surface area contributed by atoms with E-state index in [1.165, 1.54) is 14.1 Å². The van der Waals surface area contributed by atoms with Gasteiger partial charge in [-0.1, -0.05) is 0 Å². The maximum absolute atomic E-state index is 12.2. The molecule has 0 saturated carbocycles. The van der Waals surface area contributed by atoms with Crippen LogP contribution in [0.3, 0.4) is 0 Å². The smallest absolute Gasteiger partial charge is 0.314 e. The van der Waals surface area contributed by atoms with Crippen LogP contribution in [0.1, 0.15) is 19.3 Å². The molecule has 9 heteroatoms. The lowest BCUT2D eigenvalue weighted by Gasteiger charge is -2.12. The van der Waals surface area contributed by atoms with Crippen LogP contribution in [0.2, 0.25) is 0 Å². The Morgan fingerprint density at radius 1 is 1.38 bits per heavy atom. The number of nitrogens with one attached hydrogen (secondary N) is 2. The minimum absolute atomic E-state index is 0.256. The van der Waals surface area contributed by atoms with Gasteiger partial charge in [0.1, 0.15) is 0 Å². The highest BCUT2D eigenvalue weighted by Gasteiger charge is 2.22. The van der Waals surface area contributed by atoms with Gasteiger partial charge in [0.2, 0.25) is 10.0 Å². The van der Waals surface area contributed by atoms with E-state index >= 15 is 0 Å². The van der Waals surface area contributed by atoms with Crippen molar-refractivity contribution in [2.75, 3.05) is 13.1 Å². The molecule has 1 aliphatic rings. The summed E-state index contributed by atoms with van der Waals surface area (Å²) >= 11 is 0. The molecule has 1 aromatic heterocycles. The molecule has 21 heavy (non-hydrogen) atoms. The van der Waals surface area contributed by atoms with Gasteiger partial charge in [-0.25, -0.2) is 17.9 Å². The van der Waals surface area contributed by atoms with Crippen LogP contribution >= 0.6 is 0 Å². The van der Waals surface area contributed by atoms with Gasteiger partial charge in [-0.3, -0.25) is 9.36 Å². The van der Waals surface area contributed by atoms with Gasteiger partial charge in [-0.05, 0) is 25.8 Å². The largest absolute Gasteiger partial charge is 0.330 e. The fourth-order valence-electron chi connectivity index (χ4n) is 2.41. The summed E-state index contributed by atoms with van der Waals surface area (Å²) in [6, 6.07) is 0.315. The molecule has 2 rings (SSSR count). The number of aromatic nitrogens is 2. The number of rotatable bonds is 5. The van der Waals surface area contributed by atoms with E-state index in [9.17, 15) is 18.0 Å². The lowest BCUT2D eigenvalue weighted by Crippen LogP contribution is -2.42. The van der Waals surface area contributed by atoms with Gasteiger partial charge in [0.05, 0.1) is 0 Å². The molecule has 1 atom stereocenters. The number of hydrogen-bond donors (Lipinski definition) is 2. The van der Waals surface area contributed by atoms with E-state index in [1.54, 1.807) is 0 Å². The minimum Gasteiger partial charge on any atom is -0.314 e. The van der Waals surface area contributed by atoms with E-state index in [4.69, 9.17) is 0 Å². The highest BCUT2D eigenvalue weighted by Crippen LogP contribution is 2.08. The second kappa shape index (κ2) is 6.12. The molecule has 1 saturated heterocycles. The lowest BCUT2D eigenvalue weighted by molar-refractivity contribution is 0.536. The Morgan fingerprint density at radius 2 is 2.10 bits per heavy atom. The van der Waals surface area contributed by atoms with Crippen LogP contribution in [-0.4, -0.2) is 36.7 Å². The monoisotopic (exact) mass is 316 g/mol. The maximum atomic E-state index is 12.2. The molecular weight excluding hydrogens is 296 g/mol. The topological polar surface area (TPSA) is 102 Å². The van der Waals surface area contributed by atoms with E-state index in [2.05, 4.69) is 10.0 Å². The Balaban J connectivity index is 2.16. The minimum atomic E-state index is -3.92. The lowest BCUT2D eigenvalue weighted by atomic mass is 10.2. The molecule has 0 bridgehead atoms. The van der Waals surface area contributed by atoms with Gasteiger partial charge in [-0.2, -0.15) is 0 Å². The molecule has 0 spiro atoms. The molecule has 1 aromatic rings. The first-order chi connectivity index (χ1) is 9.83. The first-order valence-electron chi connectivity index (χ1n) is 6.82. The molecule has 0 amide bonds. The summed E-state index contributed by atoms with van der Waals surface area (Å²) in [5, 5.41) is 3.27. The van der Waals surface area contributed by atoms with Crippen molar-refractivity contribution in [1.82, 2.24) is 19.2 Å². The zero-order valence-electron chi connectivity index (χ0n) is 12.1. The standard InChI is InChI=1S/C12H20N4O4S/c1-15-8-10(11(17)16(2)12(15)18)21(19,20)14-7-5-9-4-3-6-13-9/h8-9,13-14H,3-7H2,1-2H3/t9-/m1/s1. The molecule has 0 unspecified atom stereocenters. The normalized spacial score (nSPS) is 19.0. The summed E-state index contributed by atoms with van der Waals surface area (Å²) in [4.78, 5) is 23.1. The fraction of sp³-hybridized carbons (Fsp3) is 0.667. The van der Waals surface area contributed by atoms with Gasteiger partial charge < -0.3 is 9.88 Å². The molecule has 0 radical (unpaired) electrons. The van der Waals surface area contributed by atoms with Crippen molar-refractivity contribution in [1.29, 1.82) is 0 Å². The van der Waals surface area contributed by atoms with Crippen molar-refractivity contribution in [2.45, 2.75) is 30.2 Å². The summed E-state index contributed by atoms with van der Waals surface area (Å²) < 4.78 is 28.6. The molecule has 1 aliphatic heterocycles. The zero-order valence-corrected chi connectivity index (χ0v) is 12.9. The van der Waals surface area contributed by atoms with Gasteiger partial charge in [0, 0.05) is 32.9 Å². The number of sulfonamides is 1. The van der Waals surface area contributed by atoms with Gasteiger partial charge >= 0.3 is 5.69 Å². The second-order valence-corrected chi connectivity index (χ2v) is 6.97. The van der Waals surface area contributed by atoms with Crippen molar-refractivity contribution in [3.63, 3.8) is 0 Å². The van der Waals surface area contributed by atoms with Gasteiger partial charge in [0.25, 0.3) is 5.56 Å². The molecule has 1 fully saturated rings. The predicted molar refractivity (Wildman–Crippen MR) is 77.8 cm³/mol. The van der Waals surface area contributed by atoms with Crippen molar-refractivity contribution in [3.05, 3.63) is 27.0 Å². The first kappa shape index (κ1) is 15.9. The van der Waals surface area contributed by atoms with Crippen LogP contribution in [0.25, 0.3) is 0 Å². The molecule has 0 aromatic carbocycles. The molecule has 118 valence electrons. The molecule has 2 heterocycles. The Hall–Kier alpha value is -1.45. The third-order valence-electron chi connectivity index (χ3n) is 3.65. The summed E-state index contributed by atoms with van der Waals surface area (Å²) in [6.45, 7) is 1.21. The zero-order chi connectivity index (χ0) is 15.6. The predicted octanol–water partition coefficient (Wildman–Crippen LogP) is -1.50. The number of nitrogens with zero attached hydrogens (tertiary/aromatic N) is 2. The fourth-order valence-corrected chi connectivity index (χ4v) is 3.61. The van der Waals surface area contributed by atoms with E-state index < -0.39 is 26.2 Å². The van der Waals surface area contributed by atoms with Crippen LogP contribution in [0.5, 0.6) is 0 Å². The average molecular weight is 316 g/mol. The second-order valence-electron chi connectivity index (χ2n) is 5.23. The van der Waals surface area contributed by atoms with Crippen LogP contribution in [0.15, 0.2) is 20.7 Å². The summed E-state index contributed by atoms with van der Waals surface area (Å²) in [6.07, 6.45) is 3.86. The van der Waals surface area contributed by atoms with Crippen molar-refractivity contribution < 1.29 is 8.42 Å². The SMILES string of the molecule is Cn1cc(S(=O)(=O)NCC[C@H]2CCCN2)c(=O)n(C)c1=O. The van der Waals surface area contributed by atoms with Crippen molar-refractivity contribution >= 4 is 10.0 Å². The van der Waals surface area contributed by atoms with Crippen LogP contribution in [0, 0.1) is 0 Å². The number of hydrogen-bond acceptors (Lipinski definition) is 5. The van der Waals surface area contributed by atoms with E-state index in [0.29, 0.717) is 12.5 Å². The molecule has 8 nitrogen and oxygen atoms in total. The highest BCUT2D eigenvalue weighted by molar-refractivity contribution is 7.89. The van der Waals surface area contributed by atoms with Crippen LogP contribution in [-0.2, 0) is 24.1 Å².